The SMILES string of the molecule is CCC[C@@H](NC(=O)Nc1ccc(CC)cc1)C(=O)O. The van der Waals surface area contributed by atoms with Crippen molar-refractivity contribution < 1.29 is 14.7 Å². The topological polar surface area (TPSA) is 78.4 Å². The van der Waals surface area contributed by atoms with Crippen molar-refractivity contribution in [3.63, 3.8) is 0 Å². The van der Waals surface area contributed by atoms with Crippen LogP contribution in [0.15, 0.2) is 24.3 Å². The third-order valence-corrected chi connectivity index (χ3v) is 2.80. The Hall–Kier alpha value is -2.04. The van der Waals surface area contributed by atoms with Crippen molar-refractivity contribution in [1.82, 2.24) is 5.32 Å². The van der Waals surface area contributed by atoms with Crippen LogP contribution in [0.25, 0.3) is 0 Å². The molecular formula is C14H20N2O3. The molecule has 19 heavy (non-hydrogen) atoms. The lowest BCUT2D eigenvalue weighted by Gasteiger charge is -2.14. The molecule has 0 aliphatic carbocycles. The zero-order chi connectivity index (χ0) is 14.3. The summed E-state index contributed by atoms with van der Waals surface area (Å²) in [7, 11) is 0. The second kappa shape index (κ2) is 7.41. The minimum absolute atomic E-state index is 0.414. The number of urea groups is 1. The molecule has 0 aliphatic rings. The minimum atomic E-state index is -1.02. The van der Waals surface area contributed by atoms with Crippen LogP contribution in [0.4, 0.5) is 10.5 Å². The van der Waals surface area contributed by atoms with Gasteiger partial charge in [-0.25, -0.2) is 9.59 Å². The molecule has 0 unspecified atom stereocenters. The summed E-state index contributed by atoms with van der Waals surface area (Å²) in [5.74, 6) is -1.02. The molecule has 1 aromatic carbocycles. The van der Waals surface area contributed by atoms with E-state index in [4.69, 9.17) is 5.11 Å². The molecule has 0 radical (unpaired) electrons. The zero-order valence-corrected chi connectivity index (χ0v) is 11.3. The molecule has 1 rings (SSSR count). The van der Waals surface area contributed by atoms with E-state index in [2.05, 4.69) is 17.6 Å². The van der Waals surface area contributed by atoms with E-state index in [1.165, 1.54) is 5.56 Å². The molecule has 0 saturated carbocycles. The van der Waals surface area contributed by atoms with Gasteiger partial charge in [-0.2, -0.15) is 0 Å². The molecule has 0 bridgehead atoms. The monoisotopic (exact) mass is 264 g/mol. The van der Waals surface area contributed by atoms with Gasteiger partial charge in [-0.15, -0.1) is 0 Å². The van der Waals surface area contributed by atoms with Crippen molar-refractivity contribution >= 4 is 17.7 Å². The van der Waals surface area contributed by atoms with Crippen LogP contribution in [0.5, 0.6) is 0 Å². The number of nitrogens with one attached hydrogen (secondary N) is 2. The normalized spacial score (nSPS) is 11.7. The Kier molecular flexibility index (Phi) is 5.85. The number of amides is 2. The summed E-state index contributed by atoms with van der Waals surface area (Å²) in [6.07, 6.45) is 2.05. The molecule has 0 saturated heterocycles. The highest BCUT2D eigenvalue weighted by atomic mass is 16.4. The lowest BCUT2D eigenvalue weighted by atomic mass is 10.1. The fourth-order valence-corrected chi connectivity index (χ4v) is 1.70. The maximum atomic E-state index is 11.7. The summed E-state index contributed by atoms with van der Waals surface area (Å²) >= 11 is 0. The van der Waals surface area contributed by atoms with Gasteiger partial charge < -0.3 is 15.7 Å². The van der Waals surface area contributed by atoms with E-state index in [0.29, 0.717) is 18.5 Å². The molecule has 0 spiro atoms. The third kappa shape index (κ3) is 4.99. The van der Waals surface area contributed by atoms with Crippen LogP contribution in [-0.4, -0.2) is 23.1 Å². The number of aliphatic carboxylic acids is 1. The van der Waals surface area contributed by atoms with Crippen LogP contribution in [-0.2, 0) is 11.2 Å². The Morgan fingerprint density at radius 3 is 2.32 bits per heavy atom. The fraction of sp³-hybridized carbons (Fsp3) is 0.429. The number of carboxylic acid groups (broad SMARTS) is 1. The van der Waals surface area contributed by atoms with E-state index >= 15 is 0 Å². The molecule has 104 valence electrons. The second-order valence-corrected chi connectivity index (χ2v) is 4.33. The van der Waals surface area contributed by atoms with Crippen molar-refractivity contribution in [3.8, 4) is 0 Å². The number of benzene rings is 1. The quantitative estimate of drug-likeness (QED) is 0.739. The Morgan fingerprint density at radius 1 is 1.21 bits per heavy atom. The van der Waals surface area contributed by atoms with Gasteiger partial charge in [0, 0.05) is 5.69 Å². The standard InChI is InChI=1S/C14H20N2O3/c1-3-5-12(13(17)18)16-14(19)15-11-8-6-10(4-2)7-9-11/h6-9,12H,3-5H2,1-2H3,(H,17,18)(H2,15,16,19)/t12-/m1/s1. The largest absolute Gasteiger partial charge is 0.480 e. The summed E-state index contributed by atoms with van der Waals surface area (Å²) in [4.78, 5) is 22.6. The molecule has 2 amide bonds. The Morgan fingerprint density at radius 2 is 1.84 bits per heavy atom. The van der Waals surface area contributed by atoms with Crippen molar-refractivity contribution in [3.05, 3.63) is 29.8 Å². The van der Waals surface area contributed by atoms with Gasteiger partial charge in [0.05, 0.1) is 0 Å². The first-order valence-electron chi connectivity index (χ1n) is 6.46. The molecular weight excluding hydrogens is 244 g/mol. The van der Waals surface area contributed by atoms with E-state index in [1.807, 2.05) is 19.1 Å². The molecule has 1 atom stereocenters. The van der Waals surface area contributed by atoms with Crippen molar-refractivity contribution in [2.75, 3.05) is 5.32 Å². The van der Waals surface area contributed by atoms with Crippen LogP contribution in [0, 0.1) is 0 Å². The Bertz CT molecular complexity index is 429. The number of anilines is 1. The van der Waals surface area contributed by atoms with Gasteiger partial charge >= 0.3 is 12.0 Å². The first-order chi connectivity index (χ1) is 9.06. The Labute approximate surface area is 113 Å². The lowest BCUT2D eigenvalue weighted by molar-refractivity contribution is -0.139. The highest BCUT2D eigenvalue weighted by Crippen LogP contribution is 2.10. The Balaban J connectivity index is 2.55. The summed E-state index contributed by atoms with van der Waals surface area (Å²) in [6, 6.07) is 6.11. The van der Waals surface area contributed by atoms with Gasteiger partial charge in [0.15, 0.2) is 0 Å². The molecule has 5 heteroatoms. The summed E-state index contributed by atoms with van der Waals surface area (Å²) in [5.41, 5.74) is 1.83. The highest BCUT2D eigenvalue weighted by Gasteiger charge is 2.18. The van der Waals surface area contributed by atoms with Crippen LogP contribution in [0.2, 0.25) is 0 Å². The van der Waals surface area contributed by atoms with Gasteiger partial charge in [-0.1, -0.05) is 32.4 Å². The number of carbonyl (C=O) groups excluding carboxylic acids is 1. The average Bonchev–Trinajstić information content (AvgIpc) is 2.39. The number of hydrogen-bond acceptors (Lipinski definition) is 2. The van der Waals surface area contributed by atoms with Gasteiger partial charge in [0.25, 0.3) is 0 Å². The second-order valence-electron chi connectivity index (χ2n) is 4.33. The van der Waals surface area contributed by atoms with Crippen LogP contribution >= 0.6 is 0 Å². The average molecular weight is 264 g/mol. The smallest absolute Gasteiger partial charge is 0.326 e. The van der Waals surface area contributed by atoms with Gasteiger partial charge in [0.2, 0.25) is 0 Å². The van der Waals surface area contributed by atoms with E-state index in [0.717, 1.165) is 6.42 Å². The van der Waals surface area contributed by atoms with E-state index in [1.54, 1.807) is 12.1 Å². The van der Waals surface area contributed by atoms with Crippen molar-refractivity contribution in [1.29, 1.82) is 0 Å². The molecule has 5 nitrogen and oxygen atoms in total. The third-order valence-electron chi connectivity index (χ3n) is 2.80. The molecule has 1 aromatic rings. The van der Waals surface area contributed by atoms with Gasteiger partial charge in [0.1, 0.15) is 6.04 Å². The lowest BCUT2D eigenvalue weighted by Crippen LogP contribution is -2.42. The van der Waals surface area contributed by atoms with Gasteiger partial charge in [-0.3, -0.25) is 0 Å². The number of carboxylic acids is 1. The fourth-order valence-electron chi connectivity index (χ4n) is 1.70. The number of hydrogen-bond donors (Lipinski definition) is 3. The minimum Gasteiger partial charge on any atom is -0.480 e. The zero-order valence-electron chi connectivity index (χ0n) is 11.3. The predicted molar refractivity (Wildman–Crippen MR) is 74.3 cm³/mol. The maximum absolute atomic E-state index is 11.7. The van der Waals surface area contributed by atoms with E-state index < -0.39 is 18.0 Å². The van der Waals surface area contributed by atoms with Gasteiger partial charge in [-0.05, 0) is 30.5 Å². The summed E-state index contributed by atoms with van der Waals surface area (Å²) in [6.45, 7) is 3.93. The highest BCUT2D eigenvalue weighted by molar-refractivity contribution is 5.92. The number of aryl methyl sites for hydroxylation is 1. The predicted octanol–water partition coefficient (Wildman–Crippen LogP) is 2.62. The summed E-state index contributed by atoms with van der Waals surface area (Å²) in [5, 5.41) is 14.0. The molecule has 0 heterocycles. The first kappa shape index (κ1) is 15.0. The molecule has 3 N–H and O–H groups in total. The van der Waals surface area contributed by atoms with E-state index in [-0.39, 0.29) is 0 Å². The number of rotatable bonds is 6. The van der Waals surface area contributed by atoms with Crippen LogP contribution in [0.3, 0.4) is 0 Å². The molecule has 0 fully saturated rings. The van der Waals surface area contributed by atoms with Crippen molar-refractivity contribution in [2.45, 2.75) is 39.2 Å². The maximum Gasteiger partial charge on any atom is 0.326 e. The van der Waals surface area contributed by atoms with Crippen molar-refractivity contribution in [2.24, 2.45) is 0 Å². The van der Waals surface area contributed by atoms with Crippen LogP contribution < -0.4 is 10.6 Å². The summed E-state index contributed by atoms with van der Waals surface area (Å²) < 4.78 is 0. The molecule has 0 aromatic heterocycles. The van der Waals surface area contributed by atoms with E-state index in [9.17, 15) is 9.59 Å². The molecule has 0 aliphatic heterocycles. The number of carbonyl (C=O) groups is 2. The first-order valence-corrected chi connectivity index (χ1v) is 6.46. The van der Waals surface area contributed by atoms with Crippen LogP contribution in [0.1, 0.15) is 32.3 Å².